The molecule has 0 aliphatic carbocycles. The number of aryl methyl sites for hydroxylation is 1. The standard InChI is InChI=1S/C19H20N6O3/c1-24-22-17(21-23-24)12-2-4-13(5-3-12)19(26)25-8-6-16-15(10-25)20-18(28-16)14-7-9-27-11-14/h2-5,14H,6-11H2,1H3. The number of ether oxygens (including phenoxy) is 1. The van der Waals surface area contributed by atoms with Gasteiger partial charge in [0.25, 0.3) is 5.91 Å². The summed E-state index contributed by atoms with van der Waals surface area (Å²) >= 11 is 0. The van der Waals surface area contributed by atoms with Gasteiger partial charge in [-0.1, -0.05) is 12.1 Å². The van der Waals surface area contributed by atoms with Gasteiger partial charge in [-0.05, 0) is 23.8 Å². The maximum atomic E-state index is 12.9. The highest BCUT2D eigenvalue weighted by atomic mass is 16.5. The van der Waals surface area contributed by atoms with Crippen molar-refractivity contribution in [3.63, 3.8) is 0 Å². The summed E-state index contributed by atoms with van der Waals surface area (Å²) in [4.78, 5) is 20.8. The van der Waals surface area contributed by atoms with Crippen LogP contribution < -0.4 is 0 Å². The maximum Gasteiger partial charge on any atom is 0.254 e. The molecule has 0 radical (unpaired) electrons. The number of nitrogens with zero attached hydrogens (tertiary/aromatic N) is 6. The van der Waals surface area contributed by atoms with E-state index < -0.39 is 0 Å². The van der Waals surface area contributed by atoms with Gasteiger partial charge in [-0.3, -0.25) is 4.79 Å². The quantitative estimate of drug-likeness (QED) is 0.680. The predicted octanol–water partition coefficient (Wildman–Crippen LogP) is 1.57. The number of amides is 1. The van der Waals surface area contributed by atoms with Crippen LogP contribution in [0.15, 0.2) is 28.7 Å². The van der Waals surface area contributed by atoms with Crippen LogP contribution in [-0.4, -0.2) is 55.8 Å². The molecule has 0 bridgehead atoms. The molecule has 4 heterocycles. The molecule has 0 N–H and O–H groups in total. The third kappa shape index (κ3) is 3.07. The number of oxazole rings is 1. The van der Waals surface area contributed by atoms with Gasteiger partial charge >= 0.3 is 0 Å². The first-order valence-corrected chi connectivity index (χ1v) is 9.37. The number of carbonyl (C=O) groups is 1. The summed E-state index contributed by atoms with van der Waals surface area (Å²) in [6.45, 7) is 2.51. The van der Waals surface area contributed by atoms with Crippen molar-refractivity contribution in [2.45, 2.75) is 25.3 Å². The first-order valence-electron chi connectivity index (χ1n) is 9.37. The number of benzene rings is 1. The van der Waals surface area contributed by atoms with Crippen molar-refractivity contribution in [3.05, 3.63) is 47.2 Å². The molecule has 5 rings (SSSR count). The Bertz CT molecular complexity index is 1000. The average Bonchev–Trinajstić information content (AvgIpc) is 3.47. The van der Waals surface area contributed by atoms with E-state index in [1.165, 1.54) is 4.80 Å². The van der Waals surface area contributed by atoms with Crippen molar-refractivity contribution in [2.24, 2.45) is 7.05 Å². The predicted molar refractivity (Wildman–Crippen MR) is 97.4 cm³/mol. The average molecular weight is 380 g/mol. The third-order valence-electron chi connectivity index (χ3n) is 5.21. The number of aromatic nitrogens is 5. The van der Waals surface area contributed by atoms with Crippen molar-refractivity contribution in [1.82, 2.24) is 30.1 Å². The largest absolute Gasteiger partial charge is 0.445 e. The molecule has 2 aliphatic rings. The summed E-state index contributed by atoms with van der Waals surface area (Å²) in [6, 6.07) is 7.28. The van der Waals surface area contributed by atoms with Crippen LogP contribution in [-0.2, 0) is 24.8 Å². The fourth-order valence-corrected chi connectivity index (χ4v) is 3.64. The van der Waals surface area contributed by atoms with Crippen molar-refractivity contribution in [1.29, 1.82) is 0 Å². The summed E-state index contributed by atoms with van der Waals surface area (Å²) in [5.41, 5.74) is 2.32. The maximum absolute atomic E-state index is 12.9. The van der Waals surface area contributed by atoms with Crippen LogP contribution in [0.4, 0.5) is 0 Å². The van der Waals surface area contributed by atoms with E-state index in [0.29, 0.717) is 37.5 Å². The zero-order valence-corrected chi connectivity index (χ0v) is 15.5. The van der Waals surface area contributed by atoms with E-state index >= 15 is 0 Å². The van der Waals surface area contributed by atoms with Crippen LogP contribution >= 0.6 is 0 Å². The number of rotatable bonds is 3. The van der Waals surface area contributed by atoms with Gasteiger partial charge in [0.2, 0.25) is 5.82 Å². The lowest BCUT2D eigenvalue weighted by Crippen LogP contribution is -2.35. The van der Waals surface area contributed by atoms with E-state index in [1.54, 1.807) is 19.2 Å². The van der Waals surface area contributed by atoms with Crippen LogP contribution in [0.2, 0.25) is 0 Å². The number of fused-ring (bicyclic) bond motifs is 1. The molecule has 1 atom stereocenters. The van der Waals surface area contributed by atoms with Crippen LogP contribution in [0.3, 0.4) is 0 Å². The van der Waals surface area contributed by atoms with E-state index in [9.17, 15) is 4.79 Å². The zero-order chi connectivity index (χ0) is 19.1. The highest BCUT2D eigenvalue weighted by Crippen LogP contribution is 2.29. The molecule has 0 saturated carbocycles. The molecular formula is C19H20N6O3. The van der Waals surface area contributed by atoms with Crippen LogP contribution in [0, 0.1) is 0 Å². The second-order valence-corrected chi connectivity index (χ2v) is 7.14. The molecular weight excluding hydrogens is 360 g/mol. The number of tetrazole rings is 1. The summed E-state index contributed by atoms with van der Waals surface area (Å²) in [7, 11) is 1.72. The summed E-state index contributed by atoms with van der Waals surface area (Å²) in [5.74, 6) is 2.40. The Morgan fingerprint density at radius 1 is 1.25 bits per heavy atom. The van der Waals surface area contributed by atoms with Crippen LogP contribution in [0.5, 0.6) is 0 Å². The zero-order valence-electron chi connectivity index (χ0n) is 15.5. The Morgan fingerprint density at radius 2 is 2.11 bits per heavy atom. The molecule has 1 fully saturated rings. The van der Waals surface area contributed by atoms with Gasteiger partial charge in [-0.25, -0.2) is 4.98 Å². The van der Waals surface area contributed by atoms with Crippen LogP contribution in [0.1, 0.15) is 40.0 Å². The van der Waals surface area contributed by atoms with E-state index in [1.807, 2.05) is 17.0 Å². The second kappa shape index (κ2) is 6.83. The molecule has 9 heteroatoms. The second-order valence-electron chi connectivity index (χ2n) is 7.14. The molecule has 1 saturated heterocycles. The van der Waals surface area contributed by atoms with Gasteiger partial charge in [-0.2, -0.15) is 4.80 Å². The van der Waals surface area contributed by atoms with Gasteiger partial charge < -0.3 is 14.1 Å². The minimum Gasteiger partial charge on any atom is -0.445 e. The fraction of sp³-hybridized carbons (Fsp3) is 0.421. The van der Waals surface area contributed by atoms with Crippen molar-refractivity contribution in [3.8, 4) is 11.4 Å². The third-order valence-corrected chi connectivity index (χ3v) is 5.21. The molecule has 28 heavy (non-hydrogen) atoms. The van der Waals surface area contributed by atoms with E-state index in [2.05, 4.69) is 20.4 Å². The van der Waals surface area contributed by atoms with Crippen LogP contribution in [0.25, 0.3) is 11.4 Å². The fourth-order valence-electron chi connectivity index (χ4n) is 3.64. The Balaban J connectivity index is 1.31. The Morgan fingerprint density at radius 3 is 2.82 bits per heavy atom. The topological polar surface area (TPSA) is 99.2 Å². The molecule has 2 aliphatic heterocycles. The number of hydrogen-bond acceptors (Lipinski definition) is 7. The highest BCUT2D eigenvalue weighted by Gasteiger charge is 2.29. The molecule has 3 aromatic rings. The Labute approximate surface area is 161 Å². The molecule has 2 aromatic heterocycles. The summed E-state index contributed by atoms with van der Waals surface area (Å²) in [5, 5.41) is 12.0. The van der Waals surface area contributed by atoms with E-state index in [0.717, 1.165) is 35.9 Å². The lowest BCUT2D eigenvalue weighted by atomic mass is 10.1. The summed E-state index contributed by atoms with van der Waals surface area (Å²) < 4.78 is 11.4. The Hall–Kier alpha value is -3.07. The molecule has 1 aromatic carbocycles. The van der Waals surface area contributed by atoms with E-state index in [4.69, 9.17) is 9.15 Å². The smallest absolute Gasteiger partial charge is 0.254 e. The van der Waals surface area contributed by atoms with Gasteiger partial charge in [-0.15, -0.1) is 10.2 Å². The first kappa shape index (κ1) is 17.1. The molecule has 1 amide bonds. The lowest BCUT2D eigenvalue weighted by molar-refractivity contribution is 0.0728. The molecule has 1 unspecified atom stereocenters. The van der Waals surface area contributed by atoms with Crippen molar-refractivity contribution < 1.29 is 13.9 Å². The lowest BCUT2D eigenvalue weighted by Gasteiger charge is -2.25. The summed E-state index contributed by atoms with van der Waals surface area (Å²) in [6.07, 6.45) is 1.62. The van der Waals surface area contributed by atoms with Gasteiger partial charge in [0.1, 0.15) is 11.5 Å². The first-order chi connectivity index (χ1) is 13.7. The highest BCUT2D eigenvalue weighted by molar-refractivity contribution is 5.94. The molecule has 144 valence electrons. The minimum atomic E-state index is -0.0157. The normalized spacial score (nSPS) is 19.0. The van der Waals surface area contributed by atoms with Gasteiger partial charge in [0.15, 0.2) is 5.89 Å². The van der Waals surface area contributed by atoms with Crippen molar-refractivity contribution in [2.75, 3.05) is 19.8 Å². The van der Waals surface area contributed by atoms with Gasteiger partial charge in [0.05, 0.1) is 26.1 Å². The number of hydrogen-bond donors (Lipinski definition) is 0. The monoisotopic (exact) mass is 380 g/mol. The van der Waals surface area contributed by atoms with Gasteiger partial charge in [0, 0.05) is 30.7 Å². The Kier molecular flexibility index (Phi) is 4.16. The SMILES string of the molecule is Cn1nnc(-c2ccc(C(=O)N3CCc4oc(C5CCOC5)nc4C3)cc2)n1. The van der Waals surface area contributed by atoms with E-state index in [-0.39, 0.29) is 11.8 Å². The minimum absolute atomic E-state index is 0.0157. The molecule has 9 nitrogen and oxygen atoms in total. The van der Waals surface area contributed by atoms with Crippen molar-refractivity contribution >= 4 is 5.91 Å². The molecule has 0 spiro atoms. The number of carbonyl (C=O) groups excluding carboxylic acids is 1.